The van der Waals surface area contributed by atoms with E-state index in [0.717, 1.165) is 31.6 Å². The van der Waals surface area contributed by atoms with E-state index in [1.807, 2.05) is 0 Å². The summed E-state index contributed by atoms with van der Waals surface area (Å²) in [4.78, 5) is 0. The normalized spacial score (nSPS) is 38.4. The fraction of sp³-hybridized carbons (Fsp3) is 1.00. The lowest BCUT2D eigenvalue weighted by molar-refractivity contribution is 0.0449. The number of fused-ring (bicyclic) bond motifs is 1. The summed E-state index contributed by atoms with van der Waals surface area (Å²) in [6.45, 7) is 9.53. The van der Waals surface area contributed by atoms with E-state index in [2.05, 4.69) is 26.1 Å². The van der Waals surface area contributed by atoms with Gasteiger partial charge in [0.15, 0.2) is 0 Å². The maximum absolute atomic E-state index is 5.68. The molecule has 2 heteroatoms. The first-order chi connectivity index (χ1) is 7.15. The first kappa shape index (κ1) is 11.4. The Bertz CT molecular complexity index is 205. The van der Waals surface area contributed by atoms with Crippen molar-refractivity contribution in [3.05, 3.63) is 0 Å². The fourth-order valence-corrected chi connectivity index (χ4v) is 3.06. The zero-order valence-electron chi connectivity index (χ0n) is 10.4. The van der Waals surface area contributed by atoms with Crippen molar-refractivity contribution in [1.29, 1.82) is 0 Å². The number of ether oxygens (including phenoxy) is 1. The Hall–Kier alpha value is -0.0800. The number of hydrogen-bond acceptors (Lipinski definition) is 2. The van der Waals surface area contributed by atoms with Gasteiger partial charge in [-0.2, -0.15) is 0 Å². The van der Waals surface area contributed by atoms with Crippen LogP contribution in [0.25, 0.3) is 0 Å². The van der Waals surface area contributed by atoms with Crippen LogP contribution in [0.2, 0.25) is 0 Å². The predicted octanol–water partition coefficient (Wildman–Crippen LogP) is 2.44. The van der Waals surface area contributed by atoms with E-state index in [0.29, 0.717) is 11.5 Å². The van der Waals surface area contributed by atoms with Gasteiger partial charge in [-0.05, 0) is 38.0 Å². The molecule has 2 rings (SSSR count). The van der Waals surface area contributed by atoms with E-state index in [1.54, 1.807) is 0 Å². The molecule has 2 unspecified atom stereocenters. The summed E-state index contributed by atoms with van der Waals surface area (Å²) in [5.74, 6) is 2.08. The Morgan fingerprint density at radius 1 is 1.33 bits per heavy atom. The van der Waals surface area contributed by atoms with Gasteiger partial charge in [0, 0.05) is 24.6 Å². The lowest BCUT2D eigenvalue weighted by Gasteiger charge is -2.31. The lowest BCUT2D eigenvalue weighted by atomic mass is 9.83. The maximum Gasteiger partial charge on any atom is 0.0534 e. The molecule has 1 N–H and O–H groups in total. The van der Waals surface area contributed by atoms with Gasteiger partial charge in [-0.25, -0.2) is 0 Å². The van der Waals surface area contributed by atoms with Crippen molar-refractivity contribution >= 4 is 0 Å². The molecule has 0 saturated heterocycles. The quantitative estimate of drug-likeness (QED) is 0.728. The topological polar surface area (TPSA) is 21.3 Å². The van der Waals surface area contributed by atoms with Crippen LogP contribution in [-0.4, -0.2) is 25.8 Å². The van der Waals surface area contributed by atoms with Gasteiger partial charge in [-0.1, -0.05) is 13.8 Å². The fourth-order valence-electron chi connectivity index (χ4n) is 3.06. The molecule has 0 amide bonds. The summed E-state index contributed by atoms with van der Waals surface area (Å²) < 4.78 is 5.68. The monoisotopic (exact) mass is 211 g/mol. The number of rotatable bonds is 6. The molecule has 0 aliphatic heterocycles. The molecule has 2 saturated carbocycles. The van der Waals surface area contributed by atoms with Gasteiger partial charge in [0.05, 0.1) is 6.61 Å². The van der Waals surface area contributed by atoms with Crippen LogP contribution >= 0.6 is 0 Å². The van der Waals surface area contributed by atoms with E-state index in [4.69, 9.17) is 4.74 Å². The second kappa shape index (κ2) is 4.42. The number of hydrogen-bond donors (Lipinski definition) is 1. The summed E-state index contributed by atoms with van der Waals surface area (Å²) in [6, 6.07) is 0.598. The molecule has 2 fully saturated rings. The molecule has 0 radical (unpaired) electrons. The summed E-state index contributed by atoms with van der Waals surface area (Å²) >= 11 is 0. The Morgan fingerprint density at radius 3 is 2.53 bits per heavy atom. The second-order valence-electron chi connectivity index (χ2n) is 5.84. The van der Waals surface area contributed by atoms with Crippen LogP contribution in [0, 0.1) is 17.3 Å². The Kier molecular flexibility index (Phi) is 3.36. The van der Waals surface area contributed by atoms with E-state index >= 15 is 0 Å². The van der Waals surface area contributed by atoms with E-state index in [9.17, 15) is 0 Å². The highest BCUT2D eigenvalue weighted by Gasteiger charge is 2.53. The number of nitrogens with one attached hydrogen (secondary N) is 1. The summed E-state index contributed by atoms with van der Waals surface area (Å²) in [5, 5.41) is 3.60. The van der Waals surface area contributed by atoms with Gasteiger partial charge in [0.25, 0.3) is 0 Å². The minimum absolute atomic E-state index is 0.466. The highest BCUT2D eigenvalue weighted by atomic mass is 16.5. The van der Waals surface area contributed by atoms with Crippen LogP contribution in [0.4, 0.5) is 0 Å². The summed E-state index contributed by atoms with van der Waals surface area (Å²) in [7, 11) is 0. The molecule has 0 spiro atoms. The Morgan fingerprint density at radius 2 is 2.00 bits per heavy atom. The Balaban J connectivity index is 1.84. The minimum atomic E-state index is 0.466. The van der Waals surface area contributed by atoms with Crippen molar-refractivity contribution in [3.63, 3.8) is 0 Å². The molecule has 0 heterocycles. The van der Waals surface area contributed by atoms with Gasteiger partial charge in [0.1, 0.15) is 0 Å². The highest BCUT2D eigenvalue weighted by molar-refractivity contribution is 5.04. The van der Waals surface area contributed by atoms with Crippen molar-refractivity contribution < 1.29 is 4.74 Å². The molecule has 2 nitrogen and oxygen atoms in total. The average Bonchev–Trinajstić information content (AvgIpc) is 2.82. The molecule has 0 bridgehead atoms. The van der Waals surface area contributed by atoms with E-state index in [1.165, 1.54) is 19.3 Å². The molecule has 88 valence electrons. The van der Waals surface area contributed by atoms with Crippen molar-refractivity contribution in [1.82, 2.24) is 5.32 Å². The van der Waals surface area contributed by atoms with Crippen LogP contribution in [0.1, 0.15) is 40.0 Å². The molecular formula is C13H25NO. The smallest absolute Gasteiger partial charge is 0.0534 e. The van der Waals surface area contributed by atoms with Gasteiger partial charge in [-0.15, -0.1) is 0 Å². The Labute approximate surface area is 93.8 Å². The molecule has 2 aliphatic carbocycles. The largest absolute Gasteiger partial charge is 0.381 e. The summed E-state index contributed by atoms with van der Waals surface area (Å²) in [6.07, 6.45) is 4.30. The highest BCUT2D eigenvalue weighted by Crippen LogP contribution is 2.59. The predicted molar refractivity (Wildman–Crippen MR) is 62.9 cm³/mol. The third-order valence-corrected chi connectivity index (χ3v) is 3.96. The maximum atomic E-state index is 5.68. The van der Waals surface area contributed by atoms with Crippen LogP contribution in [0.3, 0.4) is 0 Å². The third-order valence-electron chi connectivity index (χ3n) is 3.96. The summed E-state index contributed by atoms with van der Waals surface area (Å²) in [5.41, 5.74) is 0.466. The average molecular weight is 211 g/mol. The SMILES string of the molecule is CCOCC1(CNC(C)C)CC2CC2C1. The van der Waals surface area contributed by atoms with Crippen LogP contribution in [-0.2, 0) is 4.74 Å². The standard InChI is InChI=1S/C13H25NO/c1-4-15-9-13(8-14-10(2)3)6-11-5-12(11)7-13/h10-12,14H,4-9H2,1-3H3. The molecule has 0 aromatic carbocycles. The van der Waals surface area contributed by atoms with Crippen molar-refractivity contribution in [2.75, 3.05) is 19.8 Å². The van der Waals surface area contributed by atoms with Crippen molar-refractivity contribution in [3.8, 4) is 0 Å². The van der Waals surface area contributed by atoms with Gasteiger partial charge in [0.2, 0.25) is 0 Å². The first-order valence-corrected chi connectivity index (χ1v) is 6.46. The molecule has 15 heavy (non-hydrogen) atoms. The molecule has 0 aromatic rings. The first-order valence-electron chi connectivity index (χ1n) is 6.46. The molecular weight excluding hydrogens is 186 g/mol. The molecule has 0 aromatic heterocycles. The van der Waals surface area contributed by atoms with Crippen molar-refractivity contribution in [2.45, 2.75) is 46.1 Å². The molecule has 2 aliphatic rings. The van der Waals surface area contributed by atoms with Crippen LogP contribution in [0.15, 0.2) is 0 Å². The third kappa shape index (κ3) is 2.73. The van der Waals surface area contributed by atoms with Crippen LogP contribution < -0.4 is 5.32 Å². The second-order valence-corrected chi connectivity index (χ2v) is 5.84. The zero-order valence-corrected chi connectivity index (χ0v) is 10.4. The molecule has 2 atom stereocenters. The van der Waals surface area contributed by atoms with Gasteiger partial charge >= 0.3 is 0 Å². The van der Waals surface area contributed by atoms with Crippen molar-refractivity contribution in [2.24, 2.45) is 17.3 Å². The van der Waals surface area contributed by atoms with E-state index in [-0.39, 0.29) is 0 Å². The van der Waals surface area contributed by atoms with Gasteiger partial charge < -0.3 is 10.1 Å². The zero-order chi connectivity index (χ0) is 10.9. The van der Waals surface area contributed by atoms with Crippen LogP contribution in [0.5, 0.6) is 0 Å². The van der Waals surface area contributed by atoms with Gasteiger partial charge in [-0.3, -0.25) is 0 Å². The minimum Gasteiger partial charge on any atom is -0.381 e. The van der Waals surface area contributed by atoms with E-state index < -0.39 is 0 Å². The lowest BCUT2D eigenvalue weighted by Crippen LogP contribution is -2.40.